The van der Waals surface area contributed by atoms with Crippen molar-refractivity contribution in [2.45, 2.75) is 59.2 Å². The number of aromatic nitrogens is 4. The molecule has 0 aliphatic carbocycles. The predicted octanol–water partition coefficient (Wildman–Crippen LogP) is 5.16. The number of benzene rings is 1. The highest BCUT2D eigenvalue weighted by molar-refractivity contribution is 6.36. The molecule has 4 aromatic rings. The lowest BCUT2D eigenvalue weighted by atomic mass is 9.97. The van der Waals surface area contributed by atoms with Crippen LogP contribution in [0, 0.1) is 0 Å². The van der Waals surface area contributed by atoms with Crippen LogP contribution in [-0.2, 0) is 18.5 Å². The summed E-state index contributed by atoms with van der Waals surface area (Å²) < 4.78 is 16.5. The van der Waals surface area contributed by atoms with E-state index in [-0.39, 0.29) is 16.5 Å². The third-order valence-corrected chi connectivity index (χ3v) is 6.11. The van der Waals surface area contributed by atoms with Gasteiger partial charge in [0, 0.05) is 35.7 Å². The molecule has 0 radical (unpaired) electrons. The number of fused-ring (bicyclic) bond motifs is 3. The summed E-state index contributed by atoms with van der Waals surface area (Å²) in [5, 5.41) is 4.88. The molecule has 1 aromatic carbocycles. The van der Waals surface area contributed by atoms with E-state index in [1.54, 1.807) is 6.07 Å². The van der Waals surface area contributed by atoms with Crippen LogP contribution in [-0.4, -0.2) is 15.9 Å². The van der Waals surface area contributed by atoms with Crippen LogP contribution in [0.5, 0.6) is 5.75 Å². The minimum Gasteiger partial charge on any atom is -0.489 e. The summed E-state index contributed by atoms with van der Waals surface area (Å²) >= 11 is 12.3. The molecule has 0 N–H and O–H groups in total. The number of aryl methyl sites for hydroxylation is 2. The maximum atomic E-state index is 12.1. The van der Waals surface area contributed by atoms with E-state index in [0.717, 1.165) is 17.8 Å². The maximum absolute atomic E-state index is 12.1. The second-order valence-corrected chi connectivity index (χ2v) is 10.6. The summed E-state index contributed by atoms with van der Waals surface area (Å²) in [5.41, 5.74) is 2.59. The molecule has 4 heterocycles. The van der Waals surface area contributed by atoms with E-state index in [4.69, 9.17) is 32.4 Å². The Kier molecular flexibility index (Phi) is 7.52. The van der Waals surface area contributed by atoms with Crippen LogP contribution >= 0.6 is 23.2 Å². The van der Waals surface area contributed by atoms with Crippen molar-refractivity contribution in [3.63, 3.8) is 0 Å². The molecule has 1 aliphatic rings. The first-order valence-corrected chi connectivity index (χ1v) is 12.5. The van der Waals surface area contributed by atoms with Crippen molar-refractivity contribution in [2.24, 2.45) is 0 Å². The first-order valence-electron chi connectivity index (χ1n) is 11.8. The van der Waals surface area contributed by atoms with Gasteiger partial charge in [-0.2, -0.15) is 13.8 Å². The minimum atomic E-state index is -0.607. The molecule has 1 aliphatic heterocycles. The van der Waals surface area contributed by atoms with E-state index in [0.29, 0.717) is 22.4 Å². The zero-order chi connectivity index (χ0) is 26.0. The minimum absolute atomic E-state index is 0.0642. The number of rotatable bonds is 3. The van der Waals surface area contributed by atoms with Crippen LogP contribution in [0.3, 0.4) is 0 Å². The Hall–Kier alpha value is -3.16. The van der Waals surface area contributed by atoms with Crippen molar-refractivity contribution in [1.82, 2.24) is 9.78 Å². The number of nitrogens with zero attached hydrogens (tertiary/aromatic N) is 4. The van der Waals surface area contributed by atoms with Gasteiger partial charge in [-0.15, -0.1) is 5.10 Å². The standard InChI is InChI=1S/C15H18Cl2N2O3.C12H12N2/c1-8(2)21-12-7-11(9(16)6-10(12)17)19-14(20)22-13(18-19)15(3,4)5;1-3-7-13-9-10-14-8-4-2-6-12(14)11(13)5-1/h6-8H,1-5H3;1-8H,9-10H2/q;+2. The van der Waals surface area contributed by atoms with Gasteiger partial charge in [0.05, 0.1) is 21.8 Å². The van der Waals surface area contributed by atoms with Crippen LogP contribution < -0.4 is 19.6 Å². The quantitative estimate of drug-likeness (QED) is 0.344. The average molecular weight is 529 g/mol. The van der Waals surface area contributed by atoms with Gasteiger partial charge in [0.15, 0.2) is 12.4 Å². The van der Waals surface area contributed by atoms with Gasteiger partial charge in [-0.1, -0.05) is 44.0 Å². The zero-order valence-corrected chi connectivity index (χ0v) is 22.5. The van der Waals surface area contributed by atoms with Gasteiger partial charge in [-0.05, 0) is 32.0 Å². The van der Waals surface area contributed by atoms with Crippen molar-refractivity contribution in [2.75, 3.05) is 0 Å². The Labute approximate surface area is 220 Å². The fourth-order valence-electron chi connectivity index (χ4n) is 3.78. The summed E-state index contributed by atoms with van der Waals surface area (Å²) in [4.78, 5) is 12.1. The highest BCUT2D eigenvalue weighted by Crippen LogP contribution is 2.33. The van der Waals surface area contributed by atoms with E-state index in [9.17, 15) is 4.79 Å². The molecule has 0 saturated carbocycles. The highest BCUT2D eigenvalue weighted by Gasteiger charge is 2.27. The van der Waals surface area contributed by atoms with E-state index in [1.807, 2.05) is 34.6 Å². The van der Waals surface area contributed by atoms with Crippen molar-refractivity contribution >= 4 is 23.2 Å². The first-order chi connectivity index (χ1) is 17.0. The Bertz CT molecular complexity index is 1390. The molecule has 5 rings (SSSR count). The van der Waals surface area contributed by atoms with Crippen LogP contribution in [0.1, 0.15) is 40.5 Å². The molecular weight excluding hydrogens is 499 g/mol. The monoisotopic (exact) mass is 528 g/mol. The van der Waals surface area contributed by atoms with Gasteiger partial charge < -0.3 is 9.15 Å². The average Bonchev–Trinajstić information content (AvgIpc) is 3.23. The molecule has 0 spiro atoms. The topological polar surface area (TPSA) is 65.0 Å². The Morgan fingerprint density at radius 3 is 2.06 bits per heavy atom. The largest absolute Gasteiger partial charge is 0.489 e. The van der Waals surface area contributed by atoms with Gasteiger partial charge >= 0.3 is 5.76 Å². The molecule has 3 aromatic heterocycles. The maximum Gasteiger partial charge on any atom is 0.442 e. The third kappa shape index (κ3) is 5.63. The number of halogens is 2. The molecule has 0 amide bonds. The summed E-state index contributed by atoms with van der Waals surface area (Å²) in [6.45, 7) is 11.6. The number of hydrogen-bond donors (Lipinski definition) is 0. The SMILES string of the molecule is CC(C)Oc1cc(-n2nc(C(C)(C)C)oc2=O)c(Cl)cc1Cl.c1cc[n+]2c(c1)-c1cccc[n+]1CC2. The van der Waals surface area contributed by atoms with Crippen LogP contribution in [0.15, 0.2) is 70.1 Å². The van der Waals surface area contributed by atoms with E-state index >= 15 is 0 Å². The highest BCUT2D eigenvalue weighted by atomic mass is 35.5. The number of pyridine rings is 2. The molecule has 9 heteroatoms. The van der Waals surface area contributed by atoms with Gasteiger partial charge in [0.1, 0.15) is 5.75 Å². The second kappa shape index (κ2) is 10.4. The van der Waals surface area contributed by atoms with Gasteiger partial charge in [-0.25, -0.2) is 4.79 Å². The summed E-state index contributed by atoms with van der Waals surface area (Å²) in [7, 11) is 0. The smallest absolute Gasteiger partial charge is 0.442 e. The fourth-order valence-corrected chi connectivity index (χ4v) is 4.29. The van der Waals surface area contributed by atoms with Crippen LogP contribution in [0.2, 0.25) is 10.0 Å². The first kappa shape index (κ1) is 25.9. The molecule has 0 unspecified atom stereocenters. The predicted molar refractivity (Wildman–Crippen MR) is 139 cm³/mol. The van der Waals surface area contributed by atoms with Crippen molar-refractivity contribution in [3.8, 4) is 22.8 Å². The summed E-state index contributed by atoms with van der Waals surface area (Å²) in [5.74, 6) is 0.155. The number of ether oxygens (including phenoxy) is 1. The van der Waals surface area contributed by atoms with Crippen LogP contribution in [0.25, 0.3) is 17.1 Å². The fraction of sp³-hybridized carbons (Fsp3) is 0.333. The Morgan fingerprint density at radius 1 is 0.972 bits per heavy atom. The summed E-state index contributed by atoms with van der Waals surface area (Å²) in [6.07, 6.45) is 4.23. The van der Waals surface area contributed by atoms with Gasteiger partial charge in [-0.3, -0.25) is 0 Å². The second-order valence-electron chi connectivity index (χ2n) is 9.79. The third-order valence-electron chi connectivity index (χ3n) is 5.51. The van der Waals surface area contributed by atoms with E-state index in [2.05, 4.69) is 63.0 Å². The summed E-state index contributed by atoms with van der Waals surface area (Å²) in [6, 6.07) is 15.8. The lowest BCUT2D eigenvalue weighted by Crippen LogP contribution is -2.52. The Morgan fingerprint density at radius 2 is 1.56 bits per heavy atom. The molecule has 7 nitrogen and oxygen atoms in total. The van der Waals surface area contributed by atoms with Crippen molar-refractivity contribution in [1.29, 1.82) is 0 Å². The van der Waals surface area contributed by atoms with Gasteiger partial charge in [0.2, 0.25) is 19.0 Å². The molecule has 36 heavy (non-hydrogen) atoms. The van der Waals surface area contributed by atoms with Crippen molar-refractivity contribution in [3.05, 3.63) is 87.4 Å². The van der Waals surface area contributed by atoms with Crippen molar-refractivity contribution < 1.29 is 18.3 Å². The van der Waals surface area contributed by atoms with E-state index < -0.39 is 5.76 Å². The molecule has 0 saturated heterocycles. The molecule has 0 atom stereocenters. The van der Waals surface area contributed by atoms with Crippen LogP contribution in [0.4, 0.5) is 0 Å². The Balaban J connectivity index is 0.000000185. The lowest BCUT2D eigenvalue weighted by Gasteiger charge is -2.13. The zero-order valence-electron chi connectivity index (χ0n) is 21.0. The molecular formula is C27H30Cl2N4O3+2. The van der Waals surface area contributed by atoms with E-state index in [1.165, 1.54) is 17.5 Å². The number of hydrogen-bond acceptors (Lipinski definition) is 4. The molecule has 188 valence electrons. The lowest BCUT2D eigenvalue weighted by molar-refractivity contribution is -0.794. The van der Waals surface area contributed by atoms with Gasteiger partial charge in [0.25, 0.3) is 11.4 Å². The molecule has 0 fully saturated rings. The molecule has 0 bridgehead atoms. The normalized spacial score (nSPS) is 12.4.